The molecule has 0 aliphatic rings. The van der Waals surface area contributed by atoms with Crippen LogP contribution in [0.4, 0.5) is 0 Å². The molecule has 6 nitrogen and oxygen atoms in total. The lowest BCUT2D eigenvalue weighted by atomic mass is 9.74. The average Bonchev–Trinajstić information content (AvgIpc) is 3.04. The molecule has 35 heavy (non-hydrogen) atoms. The summed E-state index contributed by atoms with van der Waals surface area (Å²) in [7, 11) is -1.66. The first-order valence-electron chi connectivity index (χ1n) is 12.0. The zero-order valence-electron chi connectivity index (χ0n) is 20.6. The molecule has 0 saturated heterocycles. The number of rotatable bonds is 11. The van der Waals surface area contributed by atoms with Crippen LogP contribution in [0.1, 0.15) is 47.0 Å². The molecule has 0 spiro atoms. The van der Waals surface area contributed by atoms with Crippen molar-refractivity contribution in [1.29, 1.82) is 0 Å². The van der Waals surface area contributed by atoms with E-state index in [-0.39, 0.29) is 36.5 Å². The molecule has 0 bridgehead atoms. The molecule has 3 aromatic rings. The highest BCUT2D eigenvalue weighted by atomic mass is 35.5. The molecule has 1 aromatic heterocycles. The summed E-state index contributed by atoms with van der Waals surface area (Å²) in [5.41, 5.74) is 1.73. The van der Waals surface area contributed by atoms with Crippen molar-refractivity contribution in [2.75, 3.05) is 0 Å². The summed E-state index contributed by atoms with van der Waals surface area (Å²) in [4.78, 5) is 26.4. The van der Waals surface area contributed by atoms with Gasteiger partial charge in [-0.1, -0.05) is 50.9 Å². The number of amides is 1. The normalized spacial score (nSPS) is 13.5. The van der Waals surface area contributed by atoms with Crippen molar-refractivity contribution in [1.82, 2.24) is 9.88 Å². The Balaban J connectivity index is 1.85. The molecule has 0 fully saturated rings. The molecule has 0 aliphatic heterocycles. The lowest BCUT2D eigenvalue weighted by Crippen LogP contribution is -2.49. The molecule has 0 saturated carbocycles. The van der Waals surface area contributed by atoms with Gasteiger partial charge < -0.3 is 19.9 Å². The molecule has 1 heterocycles. The fourth-order valence-electron chi connectivity index (χ4n) is 4.65. The van der Waals surface area contributed by atoms with Crippen LogP contribution in [0.25, 0.3) is 21.8 Å². The van der Waals surface area contributed by atoms with Gasteiger partial charge in [-0.15, -0.1) is 0 Å². The molecule has 2 atom stereocenters. The first-order valence-corrected chi connectivity index (χ1v) is 12.8. The van der Waals surface area contributed by atoms with Crippen molar-refractivity contribution in [3.8, 4) is 0 Å². The van der Waals surface area contributed by atoms with E-state index in [1.54, 1.807) is 12.1 Å². The van der Waals surface area contributed by atoms with E-state index in [1.807, 2.05) is 56.5 Å². The van der Waals surface area contributed by atoms with Gasteiger partial charge in [0.05, 0.1) is 12.5 Å². The van der Waals surface area contributed by atoms with Gasteiger partial charge in [0.25, 0.3) is 0 Å². The first kappa shape index (κ1) is 27.5. The van der Waals surface area contributed by atoms with E-state index in [4.69, 9.17) is 23.2 Å². The van der Waals surface area contributed by atoms with E-state index in [2.05, 4.69) is 5.32 Å². The fraction of sp³-hybridized carbons (Fsp3) is 0.462. The molecule has 1 amide bonds. The van der Waals surface area contributed by atoms with Crippen molar-refractivity contribution in [3.63, 3.8) is 0 Å². The Labute approximate surface area is 216 Å². The summed E-state index contributed by atoms with van der Waals surface area (Å²) >= 11 is 12.5. The van der Waals surface area contributed by atoms with Gasteiger partial charge in [0.15, 0.2) is 5.78 Å². The van der Waals surface area contributed by atoms with Gasteiger partial charge in [0.1, 0.15) is 0 Å². The number of hydrogen-bond donors (Lipinski definition) is 3. The highest BCUT2D eigenvalue weighted by Gasteiger charge is 2.30. The maximum Gasteiger partial charge on any atom is 0.475 e. The SMILES string of the molecule is CC(C)C[C@H](CC(=O)Cn1c2ccc(Cl)cc2c2cc(Cl)ccc21)C(=O)N[C@@H](CC(C)C)B(O)O. The van der Waals surface area contributed by atoms with Crippen LogP contribution in [0.15, 0.2) is 36.4 Å². The van der Waals surface area contributed by atoms with E-state index < -0.39 is 19.0 Å². The smallest absolute Gasteiger partial charge is 0.426 e. The van der Waals surface area contributed by atoms with E-state index in [9.17, 15) is 19.6 Å². The minimum absolute atomic E-state index is 0.0578. The Morgan fingerprint density at radius 1 is 0.914 bits per heavy atom. The second-order valence-electron chi connectivity index (χ2n) is 10.1. The number of nitrogens with one attached hydrogen (secondary N) is 1. The minimum atomic E-state index is -1.66. The minimum Gasteiger partial charge on any atom is -0.426 e. The Kier molecular flexibility index (Phi) is 9.27. The molecule has 0 unspecified atom stereocenters. The second kappa shape index (κ2) is 11.8. The topological polar surface area (TPSA) is 91.6 Å². The third kappa shape index (κ3) is 7.01. The maximum absolute atomic E-state index is 13.3. The monoisotopic (exact) mass is 518 g/mol. The van der Waals surface area contributed by atoms with Gasteiger partial charge in [-0.2, -0.15) is 0 Å². The highest BCUT2D eigenvalue weighted by molar-refractivity contribution is 6.43. The summed E-state index contributed by atoms with van der Waals surface area (Å²) in [6, 6.07) is 11.1. The summed E-state index contributed by atoms with van der Waals surface area (Å²) < 4.78 is 1.93. The van der Waals surface area contributed by atoms with Gasteiger partial charge >= 0.3 is 7.12 Å². The Morgan fingerprint density at radius 3 is 1.89 bits per heavy atom. The predicted molar refractivity (Wildman–Crippen MR) is 144 cm³/mol. The number of nitrogens with zero attached hydrogens (tertiary/aromatic N) is 1. The van der Waals surface area contributed by atoms with Crippen LogP contribution in [0, 0.1) is 17.8 Å². The van der Waals surface area contributed by atoms with Crippen LogP contribution < -0.4 is 5.32 Å². The fourth-order valence-corrected chi connectivity index (χ4v) is 4.99. The Morgan fingerprint density at radius 2 is 1.43 bits per heavy atom. The Hall–Kier alpha value is -2.06. The highest BCUT2D eigenvalue weighted by Crippen LogP contribution is 2.33. The molecule has 9 heteroatoms. The van der Waals surface area contributed by atoms with Gasteiger partial charge in [-0.25, -0.2) is 0 Å². The summed E-state index contributed by atoms with van der Waals surface area (Å²) in [6.45, 7) is 7.99. The summed E-state index contributed by atoms with van der Waals surface area (Å²) in [6.07, 6.45) is 1.01. The number of fused-ring (bicyclic) bond motifs is 3. The van der Waals surface area contributed by atoms with Gasteiger partial charge in [-0.05, 0) is 61.1 Å². The van der Waals surface area contributed by atoms with E-state index >= 15 is 0 Å². The Bertz CT molecular complexity index is 1150. The largest absolute Gasteiger partial charge is 0.475 e. The zero-order valence-corrected chi connectivity index (χ0v) is 22.1. The third-order valence-electron chi connectivity index (χ3n) is 6.14. The number of hydrogen-bond acceptors (Lipinski definition) is 4. The van der Waals surface area contributed by atoms with E-state index in [0.717, 1.165) is 21.8 Å². The van der Waals surface area contributed by atoms with Gasteiger partial charge in [0, 0.05) is 44.2 Å². The zero-order chi connectivity index (χ0) is 25.9. The number of Topliss-reactive ketones (excluding diaryl/α,β-unsaturated/α-hetero) is 1. The van der Waals surface area contributed by atoms with Crippen molar-refractivity contribution in [2.24, 2.45) is 17.8 Å². The van der Waals surface area contributed by atoms with E-state index in [1.165, 1.54) is 0 Å². The lowest BCUT2D eigenvalue weighted by Gasteiger charge is -2.24. The molecule has 0 radical (unpaired) electrons. The quantitative estimate of drug-likeness (QED) is 0.302. The summed E-state index contributed by atoms with van der Waals surface area (Å²) in [5, 5.41) is 25.2. The first-order chi connectivity index (χ1) is 16.5. The number of benzene rings is 2. The molecule has 2 aromatic carbocycles. The lowest BCUT2D eigenvalue weighted by molar-refractivity contribution is -0.130. The van der Waals surface area contributed by atoms with Crippen molar-refractivity contribution in [3.05, 3.63) is 46.4 Å². The van der Waals surface area contributed by atoms with Gasteiger partial charge in [0.2, 0.25) is 5.91 Å². The van der Waals surface area contributed by atoms with Crippen LogP contribution in [0.3, 0.4) is 0 Å². The van der Waals surface area contributed by atoms with Crippen molar-refractivity contribution >= 4 is 63.8 Å². The number of halogens is 2. The van der Waals surface area contributed by atoms with Crippen LogP contribution >= 0.6 is 23.2 Å². The van der Waals surface area contributed by atoms with E-state index in [0.29, 0.717) is 22.9 Å². The van der Waals surface area contributed by atoms with Crippen LogP contribution in [-0.4, -0.2) is 39.4 Å². The van der Waals surface area contributed by atoms with Crippen LogP contribution in [0.5, 0.6) is 0 Å². The van der Waals surface area contributed by atoms with Crippen molar-refractivity contribution < 1.29 is 19.6 Å². The van der Waals surface area contributed by atoms with Gasteiger partial charge in [-0.3, -0.25) is 9.59 Å². The molecule has 0 aliphatic carbocycles. The molecular formula is C26H33BCl2N2O4. The number of carbonyl (C=O) groups is 2. The molecule has 188 valence electrons. The second-order valence-corrected chi connectivity index (χ2v) is 11.0. The standard InChI is InChI=1S/C26H33BCl2N2O4/c1-15(2)9-17(26(33)30-25(27(34)35)10-16(3)4)11-20(32)14-31-23-7-5-18(28)12-21(23)22-13-19(29)6-8-24(22)31/h5-8,12-13,15-17,25,34-35H,9-11,14H2,1-4H3,(H,30,33)/t17-,25+/m1/s1. The molecule has 3 N–H and O–H groups in total. The van der Waals surface area contributed by atoms with Crippen molar-refractivity contribution in [2.45, 2.75) is 59.4 Å². The molecule has 3 rings (SSSR count). The number of carbonyl (C=O) groups excluding carboxylic acids is 2. The maximum atomic E-state index is 13.3. The number of aromatic nitrogens is 1. The summed E-state index contributed by atoms with van der Waals surface area (Å²) in [5.74, 6) is -1.39. The predicted octanol–water partition coefficient (Wildman–Crippen LogP) is 5.27. The van der Waals surface area contributed by atoms with Crippen LogP contribution in [-0.2, 0) is 16.1 Å². The van der Waals surface area contributed by atoms with Crippen LogP contribution in [0.2, 0.25) is 10.0 Å². The average molecular weight is 519 g/mol. The third-order valence-corrected chi connectivity index (χ3v) is 6.61. The number of ketones is 1. The molecular weight excluding hydrogens is 486 g/mol.